The highest BCUT2D eigenvalue weighted by Gasteiger charge is 2.15. The highest BCUT2D eigenvalue weighted by atomic mass is 79.9. The zero-order valence-corrected chi connectivity index (χ0v) is 18.9. The van der Waals surface area contributed by atoms with Gasteiger partial charge in [0.15, 0.2) is 0 Å². The number of benzene rings is 2. The molecule has 23 heavy (non-hydrogen) atoms. The topological polar surface area (TPSA) is 16.8 Å². The van der Waals surface area contributed by atoms with Crippen molar-refractivity contribution in [2.24, 2.45) is 0 Å². The van der Waals surface area contributed by atoms with Crippen LogP contribution in [0.1, 0.15) is 0 Å². The second-order valence-corrected chi connectivity index (χ2v) is 20.1. The average molecular weight is 505 g/mol. The number of hydrogen-bond acceptors (Lipinski definition) is 2. The molecule has 0 aliphatic heterocycles. The molecule has 2 nitrogen and oxygen atoms in total. The summed E-state index contributed by atoms with van der Waals surface area (Å²) in [6, 6.07) is 18.5. The largest absolute Gasteiger partial charge is 0.564 e. The van der Waals surface area contributed by atoms with Gasteiger partial charge in [0.1, 0.15) is 0 Å². The Morgan fingerprint density at radius 3 is 2.09 bits per heavy atom. The molecular weight excluding hydrogens is 496 g/mol. The van der Waals surface area contributed by atoms with Gasteiger partial charge in [-0.1, -0.05) is 46.3 Å². The minimum atomic E-state index is -2.94. The van der Waals surface area contributed by atoms with E-state index < -0.39 is 9.39 Å². The van der Waals surface area contributed by atoms with Crippen LogP contribution in [0, 0.1) is 0 Å². The lowest BCUT2D eigenvalue weighted by Crippen LogP contribution is -2.27. The number of aromatic nitrogens is 2. The van der Waals surface area contributed by atoms with Crippen LogP contribution in [0.25, 0.3) is 16.3 Å². The first-order chi connectivity index (χ1) is 10.8. The van der Waals surface area contributed by atoms with Crippen molar-refractivity contribution >= 4 is 84.0 Å². The van der Waals surface area contributed by atoms with Crippen LogP contribution in [0.2, 0.25) is 0 Å². The summed E-state index contributed by atoms with van der Waals surface area (Å²) in [6.45, 7) is 0. The first-order valence-electron chi connectivity index (χ1n) is 6.28. The SMILES string of the molecule is Brc1ccc(-c2n[n+](-c3ccccc3)ps2)cc1.[Cl][Al-]([Cl])([Cl])[Cl]. The van der Waals surface area contributed by atoms with E-state index in [2.05, 4.69) is 45.3 Å². The molecule has 0 N–H and O–H groups in total. The molecule has 1 aromatic heterocycles. The Hall–Kier alpha value is 0.602. The summed E-state index contributed by atoms with van der Waals surface area (Å²) in [5.41, 5.74) is 2.29. The average Bonchev–Trinajstić information content (AvgIpc) is 2.97. The van der Waals surface area contributed by atoms with Crippen molar-refractivity contribution in [3.8, 4) is 16.3 Å². The lowest BCUT2D eigenvalue weighted by atomic mass is 10.2. The zero-order chi connectivity index (χ0) is 16.9. The summed E-state index contributed by atoms with van der Waals surface area (Å²) in [5.74, 6) is 0. The van der Waals surface area contributed by atoms with Crippen molar-refractivity contribution in [3.05, 3.63) is 59.1 Å². The van der Waals surface area contributed by atoms with Crippen LogP contribution >= 0.6 is 74.6 Å². The molecule has 0 bridgehead atoms. The standard InChI is InChI=1S/C13H9BrN2PS.Al.4ClH/c14-11-8-6-10(7-9-11)13-15-16(17-18-13)12-4-2-1-3-5-12;;;;;/h1-9H;;4*1H/q+1;+3;;;;/p-4. The monoisotopic (exact) mass is 502 g/mol. The van der Waals surface area contributed by atoms with E-state index >= 15 is 0 Å². The second kappa shape index (κ2) is 9.34. The Labute approximate surface area is 167 Å². The van der Waals surface area contributed by atoms with Crippen LogP contribution in [0.5, 0.6) is 0 Å². The third-order valence-corrected chi connectivity index (χ3v) is 5.27. The van der Waals surface area contributed by atoms with E-state index in [4.69, 9.17) is 40.2 Å². The fraction of sp³-hybridized carbons (Fsp3) is 0. The number of hydrogen-bond donors (Lipinski definition) is 0. The van der Waals surface area contributed by atoms with E-state index in [0.29, 0.717) is 0 Å². The minimum absolute atomic E-state index is 1.06. The molecule has 120 valence electrons. The Balaban J connectivity index is 0.000000338. The maximum Gasteiger partial charge on any atom is 0.564 e. The van der Waals surface area contributed by atoms with Gasteiger partial charge < -0.3 is 40.2 Å². The van der Waals surface area contributed by atoms with Crippen molar-refractivity contribution in [2.75, 3.05) is 0 Å². The highest BCUT2D eigenvalue weighted by Crippen LogP contribution is 2.26. The molecule has 3 aromatic rings. The van der Waals surface area contributed by atoms with Gasteiger partial charge in [-0.3, -0.25) is 0 Å². The summed E-state index contributed by atoms with van der Waals surface area (Å²) in [6.07, 6.45) is 0. The summed E-state index contributed by atoms with van der Waals surface area (Å²) in [5, 5.41) is 5.71. The Morgan fingerprint density at radius 2 is 1.52 bits per heavy atom. The summed E-state index contributed by atoms with van der Waals surface area (Å²) in [7, 11) is 19.9. The van der Waals surface area contributed by atoms with Crippen molar-refractivity contribution in [1.82, 2.24) is 5.10 Å². The molecule has 0 fully saturated rings. The molecule has 0 unspecified atom stereocenters. The van der Waals surface area contributed by atoms with Gasteiger partial charge in [-0.15, -0.1) is 0 Å². The van der Waals surface area contributed by atoms with Gasteiger partial charge in [-0.2, -0.15) is 0 Å². The normalized spacial score (nSPS) is 11.2. The Bertz CT molecular complexity index is 747. The second-order valence-electron chi connectivity index (χ2n) is 4.20. The van der Waals surface area contributed by atoms with Gasteiger partial charge in [0.2, 0.25) is 10.7 Å². The molecule has 0 saturated heterocycles. The molecule has 3 rings (SSSR count). The van der Waals surface area contributed by atoms with E-state index in [1.54, 1.807) is 10.9 Å². The predicted molar refractivity (Wildman–Crippen MR) is 108 cm³/mol. The third-order valence-electron chi connectivity index (χ3n) is 2.47. The van der Waals surface area contributed by atoms with Gasteiger partial charge >= 0.3 is 16.9 Å². The van der Waals surface area contributed by atoms with Crippen molar-refractivity contribution in [1.29, 1.82) is 0 Å². The molecule has 0 amide bonds. The summed E-state index contributed by atoms with van der Waals surface area (Å²) >= 11 is 3.44. The highest BCUT2D eigenvalue weighted by molar-refractivity contribution is 9.10. The Kier molecular flexibility index (Phi) is 8.09. The van der Waals surface area contributed by atoms with Crippen molar-refractivity contribution in [3.63, 3.8) is 0 Å². The molecule has 0 atom stereocenters. The Morgan fingerprint density at radius 1 is 0.957 bits per heavy atom. The quantitative estimate of drug-likeness (QED) is 0.350. The van der Waals surface area contributed by atoms with E-state index in [-0.39, 0.29) is 0 Å². The van der Waals surface area contributed by atoms with Crippen LogP contribution in [0.4, 0.5) is 0 Å². The third kappa shape index (κ3) is 7.57. The number of halogens is 5. The van der Waals surface area contributed by atoms with Crippen LogP contribution in [0.15, 0.2) is 59.1 Å². The van der Waals surface area contributed by atoms with Gasteiger partial charge in [0, 0.05) is 27.3 Å². The zero-order valence-electron chi connectivity index (χ0n) is 11.4. The number of rotatable bonds is 2. The van der Waals surface area contributed by atoms with E-state index in [1.165, 1.54) is 0 Å². The van der Waals surface area contributed by atoms with Gasteiger partial charge in [0.05, 0.1) is 0 Å². The maximum absolute atomic E-state index is 4.99. The fourth-order valence-electron chi connectivity index (χ4n) is 1.57. The molecule has 10 heteroatoms. The van der Waals surface area contributed by atoms with E-state index in [1.807, 2.05) is 34.8 Å². The lowest BCUT2D eigenvalue weighted by Gasteiger charge is -1.97. The smallest absolute Gasteiger partial charge is 0.391 e. The van der Waals surface area contributed by atoms with Crippen LogP contribution in [0.3, 0.4) is 0 Å². The van der Waals surface area contributed by atoms with Crippen LogP contribution in [-0.2, 0) is 0 Å². The minimum Gasteiger partial charge on any atom is -0.391 e. The molecule has 1 heterocycles. The molecule has 0 radical (unpaired) electrons. The lowest BCUT2D eigenvalue weighted by molar-refractivity contribution is -0.584. The fourth-order valence-corrected chi connectivity index (χ4v) is 4.04. The van der Waals surface area contributed by atoms with Gasteiger partial charge in [0.25, 0.3) is 0 Å². The molecule has 0 aliphatic carbocycles. The number of nitrogens with zero attached hydrogens (tertiary/aromatic N) is 2. The van der Waals surface area contributed by atoms with Crippen molar-refractivity contribution in [2.45, 2.75) is 0 Å². The number of para-hydroxylation sites is 1. The first-order valence-corrected chi connectivity index (χ1v) is 16.3. The molecule has 0 spiro atoms. The van der Waals surface area contributed by atoms with Crippen LogP contribution in [-0.4, -0.2) is 14.5 Å². The van der Waals surface area contributed by atoms with Gasteiger partial charge in [-0.05, 0) is 27.5 Å². The summed E-state index contributed by atoms with van der Waals surface area (Å²) in [4.78, 5) is 0. The molecule has 0 saturated carbocycles. The predicted octanol–water partition coefficient (Wildman–Crippen LogP) is 6.81. The molecule has 0 aliphatic rings. The van der Waals surface area contributed by atoms with E-state index in [0.717, 1.165) is 28.3 Å². The molecular formula is C13H9AlBrCl4N2PS. The van der Waals surface area contributed by atoms with Gasteiger partial charge in [-0.25, -0.2) is 0 Å². The first kappa shape index (κ1) is 19.9. The van der Waals surface area contributed by atoms with Crippen LogP contribution < -0.4 is 4.44 Å². The molecule has 2 aromatic carbocycles. The van der Waals surface area contributed by atoms with Crippen molar-refractivity contribution < 1.29 is 4.44 Å². The van der Waals surface area contributed by atoms with E-state index in [9.17, 15) is 0 Å². The summed E-state index contributed by atoms with van der Waals surface area (Å²) < 4.78 is 3.09. The maximum atomic E-state index is 4.99.